The summed E-state index contributed by atoms with van der Waals surface area (Å²) < 4.78 is 101. The number of hydrogen-bond donors (Lipinski definition) is 0. The summed E-state index contributed by atoms with van der Waals surface area (Å²) >= 11 is 0. The Morgan fingerprint density at radius 1 is 0.941 bits per heavy atom. The molecule has 0 amide bonds. The lowest BCUT2D eigenvalue weighted by molar-refractivity contribution is -0.282. The molecule has 1 aliphatic carbocycles. The molecule has 2 nitrogen and oxygen atoms in total. The van der Waals surface area contributed by atoms with E-state index in [1.165, 1.54) is 25.7 Å². The highest BCUT2D eigenvalue weighted by Gasteiger charge is 2.43. The zero-order valence-corrected chi connectivity index (χ0v) is 18.7. The van der Waals surface area contributed by atoms with Crippen molar-refractivity contribution in [2.45, 2.75) is 76.6 Å². The van der Waals surface area contributed by atoms with Crippen LogP contribution in [0.2, 0.25) is 0 Å². The second-order valence-corrected chi connectivity index (χ2v) is 8.70. The molecular weight excluding hydrogens is 465 g/mol. The van der Waals surface area contributed by atoms with E-state index in [0.29, 0.717) is 23.6 Å². The van der Waals surface area contributed by atoms with E-state index < -0.39 is 42.4 Å². The van der Waals surface area contributed by atoms with Crippen LogP contribution in [0.4, 0.5) is 30.7 Å². The summed E-state index contributed by atoms with van der Waals surface area (Å²) in [7, 11) is 0. The Balaban J connectivity index is 1.56. The first-order chi connectivity index (χ1) is 16.0. The minimum atomic E-state index is -5.17. The van der Waals surface area contributed by atoms with Crippen molar-refractivity contribution >= 4 is 0 Å². The Morgan fingerprint density at radius 2 is 1.59 bits per heavy atom. The van der Waals surface area contributed by atoms with Gasteiger partial charge in [-0.2, -0.15) is 8.78 Å². The number of hydrogen-bond acceptors (Lipinski definition) is 2. The van der Waals surface area contributed by atoms with Crippen LogP contribution in [0.3, 0.4) is 0 Å². The van der Waals surface area contributed by atoms with Crippen molar-refractivity contribution in [2.75, 3.05) is 0 Å². The molecule has 9 heteroatoms. The molecule has 34 heavy (non-hydrogen) atoms. The fourth-order valence-electron chi connectivity index (χ4n) is 4.41. The van der Waals surface area contributed by atoms with E-state index in [4.69, 9.17) is 0 Å². The van der Waals surface area contributed by atoms with Crippen LogP contribution >= 0.6 is 0 Å². The van der Waals surface area contributed by atoms with Gasteiger partial charge in [0.25, 0.3) is 0 Å². The molecule has 1 unspecified atom stereocenters. The SMILES string of the molecule is CCCC1CCC(c2ccc(COC(F)(F)C(F)c3ccc(OC(F)(F)F)c(F)c3)cc2)CC1. The summed E-state index contributed by atoms with van der Waals surface area (Å²) in [6, 6.07) is 8.30. The Hall–Kier alpha value is -2.29. The highest BCUT2D eigenvalue weighted by Crippen LogP contribution is 2.39. The maximum Gasteiger partial charge on any atom is 0.573 e. The monoisotopic (exact) mass is 492 g/mol. The van der Waals surface area contributed by atoms with E-state index in [9.17, 15) is 30.7 Å². The van der Waals surface area contributed by atoms with E-state index in [1.807, 2.05) is 12.1 Å². The number of ether oxygens (including phenoxy) is 2. The molecule has 3 rings (SSSR count). The highest BCUT2D eigenvalue weighted by atomic mass is 19.4. The molecule has 1 atom stereocenters. The quantitative estimate of drug-likeness (QED) is 0.326. The molecule has 1 saturated carbocycles. The predicted octanol–water partition coefficient (Wildman–Crippen LogP) is 8.62. The molecule has 0 radical (unpaired) electrons. The first-order valence-electron chi connectivity index (χ1n) is 11.3. The van der Waals surface area contributed by atoms with E-state index in [0.717, 1.165) is 24.3 Å². The van der Waals surface area contributed by atoms with Crippen molar-refractivity contribution < 1.29 is 40.2 Å². The molecule has 1 fully saturated rings. The van der Waals surface area contributed by atoms with Gasteiger partial charge in [0.1, 0.15) is 0 Å². The first-order valence-corrected chi connectivity index (χ1v) is 11.3. The molecule has 0 saturated heterocycles. The molecule has 2 aromatic carbocycles. The van der Waals surface area contributed by atoms with Gasteiger partial charge < -0.3 is 9.47 Å². The van der Waals surface area contributed by atoms with Crippen molar-refractivity contribution in [1.82, 2.24) is 0 Å². The smallest absolute Gasteiger partial charge is 0.403 e. The number of rotatable bonds is 9. The maximum atomic E-state index is 14.4. The molecular formula is C25H27F7O2. The third-order valence-electron chi connectivity index (χ3n) is 6.20. The number of benzene rings is 2. The zero-order valence-electron chi connectivity index (χ0n) is 18.7. The van der Waals surface area contributed by atoms with Gasteiger partial charge in [-0.1, -0.05) is 50.1 Å². The van der Waals surface area contributed by atoms with Gasteiger partial charge in [-0.15, -0.1) is 13.2 Å². The molecule has 1 aliphatic rings. The van der Waals surface area contributed by atoms with Gasteiger partial charge >= 0.3 is 12.5 Å². The standard InChI is InChI=1S/C25H27F7O2/c1-2-3-16-4-8-18(9-5-16)19-10-6-17(7-11-19)15-33-24(28,29)23(27)20-12-13-22(21(26)14-20)34-25(30,31)32/h6-7,10-14,16,18,23H,2-5,8-9,15H2,1H3. The van der Waals surface area contributed by atoms with Gasteiger partial charge in [-0.05, 0) is 66.3 Å². The van der Waals surface area contributed by atoms with Crippen molar-refractivity contribution in [3.63, 3.8) is 0 Å². The predicted molar refractivity (Wildman–Crippen MR) is 113 cm³/mol. The zero-order chi connectivity index (χ0) is 24.9. The minimum absolute atomic E-state index is 0.229. The summed E-state index contributed by atoms with van der Waals surface area (Å²) in [5, 5.41) is 0. The van der Waals surface area contributed by atoms with Crippen LogP contribution in [0.25, 0.3) is 0 Å². The van der Waals surface area contributed by atoms with Gasteiger partial charge in [0.2, 0.25) is 6.17 Å². The van der Waals surface area contributed by atoms with Crippen LogP contribution < -0.4 is 4.74 Å². The van der Waals surface area contributed by atoms with E-state index in [-0.39, 0.29) is 6.07 Å². The summed E-state index contributed by atoms with van der Waals surface area (Å²) in [5.41, 5.74) is 0.673. The van der Waals surface area contributed by atoms with Crippen LogP contribution in [0.15, 0.2) is 42.5 Å². The second kappa shape index (κ2) is 11.0. The van der Waals surface area contributed by atoms with Crippen molar-refractivity contribution in [1.29, 1.82) is 0 Å². The summed E-state index contributed by atoms with van der Waals surface area (Å²) in [6.45, 7) is 1.59. The average molecular weight is 492 g/mol. The van der Waals surface area contributed by atoms with Crippen molar-refractivity contribution in [3.05, 3.63) is 65.0 Å². The summed E-state index contributed by atoms with van der Waals surface area (Å²) in [6.07, 6.45) is -5.62. The average Bonchev–Trinajstić information content (AvgIpc) is 2.79. The van der Waals surface area contributed by atoms with Gasteiger partial charge in [0.15, 0.2) is 11.6 Å². The molecule has 0 N–H and O–H groups in total. The van der Waals surface area contributed by atoms with Crippen LogP contribution in [-0.4, -0.2) is 12.5 Å². The Morgan fingerprint density at radius 3 is 2.15 bits per heavy atom. The Bertz CT molecular complexity index is 920. The van der Waals surface area contributed by atoms with Gasteiger partial charge in [0, 0.05) is 0 Å². The van der Waals surface area contributed by atoms with Crippen LogP contribution in [0, 0.1) is 11.7 Å². The van der Waals surface area contributed by atoms with Crippen molar-refractivity contribution in [2.24, 2.45) is 5.92 Å². The van der Waals surface area contributed by atoms with Gasteiger partial charge in [-0.3, -0.25) is 0 Å². The summed E-state index contributed by atoms with van der Waals surface area (Å²) in [4.78, 5) is 0. The van der Waals surface area contributed by atoms with E-state index in [1.54, 1.807) is 12.1 Å². The van der Waals surface area contributed by atoms with Crippen LogP contribution in [-0.2, 0) is 11.3 Å². The maximum absolute atomic E-state index is 14.4. The molecule has 188 valence electrons. The molecule has 2 aromatic rings. The molecule has 0 spiro atoms. The summed E-state index contributed by atoms with van der Waals surface area (Å²) in [5.74, 6) is -1.66. The number of alkyl halides is 6. The lowest BCUT2D eigenvalue weighted by Gasteiger charge is -2.28. The van der Waals surface area contributed by atoms with E-state index >= 15 is 0 Å². The molecule has 0 bridgehead atoms. The highest BCUT2D eigenvalue weighted by molar-refractivity contribution is 5.31. The topological polar surface area (TPSA) is 18.5 Å². The normalized spacial score (nSPS) is 20.2. The lowest BCUT2D eigenvalue weighted by Crippen LogP contribution is -2.27. The van der Waals surface area contributed by atoms with Gasteiger partial charge in [0.05, 0.1) is 6.61 Å². The van der Waals surface area contributed by atoms with Crippen molar-refractivity contribution in [3.8, 4) is 5.75 Å². The minimum Gasteiger partial charge on any atom is -0.403 e. The third-order valence-corrected chi connectivity index (χ3v) is 6.20. The first kappa shape index (κ1) is 26.3. The van der Waals surface area contributed by atoms with Gasteiger partial charge in [-0.25, -0.2) is 8.78 Å². The molecule has 0 heterocycles. The lowest BCUT2D eigenvalue weighted by atomic mass is 9.77. The van der Waals surface area contributed by atoms with Crippen LogP contribution in [0.1, 0.15) is 74.2 Å². The largest absolute Gasteiger partial charge is 0.573 e. The second-order valence-electron chi connectivity index (χ2n) is 8.70. The van der Waals surface area contributed by atoms with E-state index in [2.05, 4.69) is 16.4 Å². The Labute approximate surface area is 194 Å². The molecule has 0 aromatic heterocycles. The van der Waals surface area contributed by atoms with Crippen LogP contribution in [0.5, 0.6) is 5.75 Å². The third kappa shape index (κ3) is 7.10. The number of halogens is 7. The fourth-order valence-corrected chi connectivity index (χ4v) is 4.41. The Kier molecular flexibility index (Phi) is 8.49. The fraction of sp³-hybridized carbons (Fsp3) is 0.520. The molecule has 0 aliphatic heterocycles.